The zero-order valence-electron chi connectivity index (χ0n) is 49.8. The highest BCUT2D eigenvalue weighted by molar-refractivity contribution is 5.79. The number of rotatable bonds is 13. The second-order valence-electron chi connectivity index (χ2n) is 28.6. The standard InChI is InChI=1S/C59H96O26/c1-24-34(64)37(67)41(71)48(77-24)82-45-29(21-61)79-50(43(73)39(45)69)83-46-30(22-62)80-51(44(74)40(46)70)85-53(75)59-17-15-54(2,3)19-26(59)25-9-10-32-56(6)13-12-33(55(4,5)31(56)11-14-58(32,8)57(25,7)16-18-59)81-52-47(35(65)27(63)23-76-52)84-49-42(72)38(68)36(66)28(20-60)78-49/h9,24,26-52,60-74H,10-23H2,1-8H3/t24-,26-,27-,28+,29+,30+,31-,32+,33-,34-,35-,36+,37+,38-,39+,40+,41+,42+,43+,44+,45+,46+,47+,48+,49-,50-,51-,52-,56-,57+,58+,59-/m0/s1. The van der Waals surface area contributed by atoms with E-state index in [1.807, 2.05) is 0 Å². The van der Waals surface area contributed by atoms with Crippen molar-refractivity contribution in [2.45, 2.75) is 273 Å². The fraction of sp³-hybridized carbons (Fsp3) is 0.949. The maximum atomic E-state index is 15.2. The maximum absolute atomic E-state index is 15.2. The van der Waals surface area contributed by atoms with Crippen molar-refractivity contribution in [3.63, 3.8) is 0 Å². The number of hydrogen-bond acceptors (Lipinski definition) is 26. The lowest BCUT2D eigenvalue weighted by Crippen LogP contribution is -2.67. The molecule has 0 spiro atoms. The molecule has 4 saturated carbocycles. The molecule has 0 unspecified atom stereocenters. The number of carbonyl (C=O) groups is 1. The summed E-state index contributed by atoms with van der Waals surface area (Å²) in [6.07, 6.45) is -29.9. The third kappa shape index (κ3) is 11.1. The molecule has 0 bridgehead atoms. The molecule has 85 heavy (non-hydrogen) atoms. The van der Waals surface area contributed by atoms with E-state index in [4.69, 9.17) is 47.4 Å². The zero-order chi connectivity index (χ0) is 62.0. The molecular weight excluding hydrogens is 1120 g/mol. The van der Waals surface area contributed by atoms with Crippen LogP contribution < -0.4 is 0 Å². The van der Waals surface area contributed by atoms with E-state index in [1.54, 1.807) is 0 Å². The number of fused-ring (bicyclic) bond motifs is 7. The molecule has 5 saturated heterocycles. The smallest absolute Gasteiger partial charge is 0.315 e. The Balaban J connectivity index is 0.827. The first kappa shape index (κ1) is 66.2. The van der Waals surface area contributed by atoms with Gasteiger partial charge < -0.3 is 124 Å². The van der Waals surface area contributed by atoms with Crippen LogP contribution in [0.5, 0.6) is 0 Å². The molecule has 5 aliphatic carbocycles. The van der Waals surface area contributed by atoms with Crippen molar-refractivity contribution in [1.29, 1.82) is 0 Å². The normalized spacial score (nSPS) is 54.1. The van der Waals surface area contributed by atoms with Gasteiger partial charge in [-0.2, -0.15) is 0 Å². The molecule has 26 nitrogen and oxygen atoms in total. The van der Waals surface area contributed by atoms with Crippen molar-refractivity contribution in [3.05, 3.63) is 11.6 Å². The second-order valence-corrected chi connectivity index (χ2v) is 28.6. The lowest BCUT2D eigenvalue weighted by atomic mass is 9.33. The van der Waals surface area contributed by atoms with Crippen LogP contribution in [0.4, 0.5) is 0 Å². The van der Waals surface area contributed by atoms with Gasteiger partial charge in [-0.15, -0.1) is 0 Å². The number of aliphatic hydroxyl groups is 15. The minimum absolute atomic E-state index is 0.141. The first-order chi connectivity index (χ1) is 39.8. The van der Waals surface area contributed by atoms with Crippen LogP contribution in [0.15, 0.2) is 11.6 Å². The molecule has 26 heteroatoms. The average molecular weight is 1220 g/mol. The highest BCUT2D eigenvalue weighted by atomic mass is 16.8. The van der Waals surface area contributed by atoms with E-state index in [2.05, 4.69) is 54.5 Å². The van der Waals surface area contributed by atoms with Crippen LogP contribution in [0.3, 0.4) is 0 Å². The van der Waals surface area contributed by atoms with Crippen molar-refractivity contribution in [2.24, 2.45) is 50.2 Å². The van der Waals surface area contributed by atoms with Gasteiger partial charge >= 0.3 is 5.97 Å². The lowest BCUT2D eigenvalue weighted by Gasteiger charge is -2.71. The van der Waals surface area contributed by atoms with E-state index in [0.29, 0.717) is 38.5 Å². The quantitative estimate of drug-likeness (QED) is 0.0513. The minimum atomic E-state index is -1.97. The number of allylic oxidation sites excluding steroid dienone is 2. The van der Waals surface area contributed by atoms with Gasteiger partial charge in [0.05, 0.1) is 44.1 Å². The Morgan fingerprint density at radius 2 is 1.06 bits per heavy atom. The molecule has 15 N–H and O–H groups in total. The SMILES string of the molecule is C[C@@H]1O[C@H](O[C@H]2[C@H](O)[C@@H](O)[C@H](O[C@H]3[C@H](O)[C@@H](O)[C@H](OC(=O)[C@]45CCC(C)(C)C[C@H]4C4=CC[C@@H]6[C@@]7(C)CC[C@H](O[C@@H]8OC[C@H](O)[C@H](O)[C@H]8O[C@@H]8O[C@H](CO)[C@@H](O)[C@H](O)[C@H]8O)C(C)(C)[C@@H]7CC[C@@]6(C)[C@]4(C)CC5)O[C@@H]3CO)O[C@@H]2CO)[C@H](O)[C@H](O)[C@H]1O. The molecule has 5 heterocycles. The summed E-state index contributed by atoms with van der Waals surface area (Å²) in [7, 11) is 0. The predicted molar refractivity (Wildman–Crippen MR) is 288 cm³/mol. The summed E-state index contributed by atoms with van der Waals surface area (Å²) in [4.78, 5) is 15.2. The fourth-order valence-corrected chi connectivity index (χ4v) is 17.7. The number of esters is 1. The Labute approximate surface area is 494 Å². The van der Waals surface area contributed by atoms with Gasteiger partial charge in [-0.25, -0.2) is 0 Å². The number of hydrogen-bond donors (Lipinski definition) is 15. The summed E-state index contributed by atoms with van der Waals surface area (Å²) < 4.78 is 59.6. The van der Waals surface area contributed by atoms with E-state index >= 15 is 4.79 Å². The third-order valence-electron chi connectivity index (χ3n) is 23.1. The third-order valence-corrected chi connectivity index (χ3v) is 23.1. The van der Waals surface area contributed by atoms with E-state index < -0.39 is 190 Å². The van der Waals surface area contributed by atoms with Gasteiger partial charge in [-0.3, -0.25) is 4.79 Å². The maximum Gasteiger partial charge on any atom is 0.315 e. The molecule has 0 radical (unpaired) electrons. The van der Waals surface area contributed by atoms with Gasteiger partial charge in [0.2, 0.25) is 6.29 Å². The number of aliphatic hydroxyl groups excluding tert-OH is 15. The molecule has 10 rings (SSSR count). The van der Waals surface area contributed by atoms with Gasteiger partial charge in [0.25, 0.3) is 0 Å². The van der Waals surface area contributed by atoms with Crippen molar-refractivity contribution in [2.75, 3.05) is 26.4 Å². The molecule has 10 aliphatic rings. The van der Waals surface area contributed by atoms with E-state index in [1.165, 1.54) is 12.5 Å². The molecule has 0 aromatic rings. The van der Waals surface area contributed by atoms with Crippen LogP contribution in [0.25, 0.3) is 0 Å². The molecule has 488 valence electrons. The van der Waals surface area contributed by atoms with E-state index in [0.717, 1.165) is 25.7 Å². The number of carbonyl (C=O) groups excluding carboxylic acids is 1. The Kier molecular flexibility index (Phi) is 19.0. The van der Waals surface area contributed by atoms with Crippen LogP contribution >= 0.6 is 0 Å². The van der Waals surface area contributed by atoms with Crippen LogP contribution in [0, 0.1) is 50.2 Å². The van der Waals surface area contributed by atoms with Crippen LogP contribution in [-0.2, 0) is 52.2 Å². The summed E-state index contributed by atoms with van der Waals surface area (Å²) in [5, 5.41) is 161. The monoisotopic (exact) mass is 1220 g/mol. The Morgan fingerprint density at radius 3 is 1.67 bits per heavy atom. The summed E-state index contributed by atoms with van der Waals surface area (Å²) >= 11 is 0. The predicted octanol–water partition coefficient (Wildman–Crippen LogP) is -2.54. The van der Waals surface area contributed by atoms with Gasteiger partial charge in [0.1, 0.15) is 110 Å². The number of ether oxygens (including phenoxy) is 10. The largest absolute Gasteiger partial charge is 0.432 e. The van der Waals surface area contributed by atoms with Crippen molar-refractivity contribution < 1.29 is 129 Å². The highest BCUT2D eigenvalue weighted by Gasteiger charge is 2.70. The molecule has 0 aromatic carbocycles. The summed E-state index contributed by atoms with van der Waals surface area (Å²) in [5.74, 6) is -0.520. The first-order valence-electron chi connectivity index (χ1n) is 30.6. The summed E-state index contributed by atoms with van der Waals surface area (Å²) in [6.45, 7) is 14.7. The molecule has 0 aromatic heterocycles. The second kappa shape index (κ2) is 24.4. The highest BCUT2D eigenvalue weighted by Crippen LogP contribution is 2.76. The van der Waals surface area contributed by atoms with Gasteiger partial charge in [-0.1, -0.05) is 60.1 Å². The van der Waals surface area contributed by atoms with Crippen molar-refractivity contribution >= 4 is 5.97 Å². The Bertz CT molecular complexity index is 2360. The van der Waals surface area contributed by atoms with Gasteiger partial charge in [0.15, 0.2) is 25.2 Å². The van der Waals surface area contributed by atoms with Crippen LogP contribution in [0.2, 0.25) is 0 Å². The van der Waals surface area contributed by atoms with E-state index in [9.17, 15) is 76.6 Å². The van der Waals surface area contributed by atoms with Gasteiger partial charge in [-0.05, 0) is 116 Å². The topological polar surface area (TPSA) is 413 Å². The first-order valence-corrected chi connectivity index (χ1v) is 30.6. The zero-order valence-corrected chi connectivity index (χ0v) is 49.8. The van der Waals surface area contributed by atoms with Crippen molar-refractivity contribution in [3.8, 4) is 0 Å². The summed E-state index contributed by atoms with van der Waals surface area (Å²) in [6, 6.07) is 0. The summed E-state index contributed by atoms with van der Waals surface area (Å²) in [5.41, 5.74) is -1.25. The molecular formula is C59H96O26. The average Bonchev–Trinajstić information content (AvgIpc) is 0.689. The molecule has 9 fully saturated rings. The fourth-order valence-electron chi connectivity index (χ4n) is 17.7. The molecule has 0 amide bonds. The van der Waals surface area contributed by atoms with E-state index in [-0.39, 0.29) is 46.0 Å². The molecule has 5 aliphatic heterocycles. The minimum Gasteiger partial charge on any atom is -0.432 e. The van der Waals surface area contributed by atoms with Crippen LogP contribution in [0.1, 0.15) is 120 Å². The Hall–Kier alpha value is -1.75. The lowest BCUT2D eigenvalue weighted by molar-refractivity contribution is -0.377. The van der Waals surface area contributed by atoms with Crippen molar-refractivity contribution in [1.82, 2.24) is 0 Å². The Morgan fingerprint density at radius 1 is 0.529 bits per heavy atom. The molecule has 32 atom stereocenters. The van der Waals surface area contributed by atoms with Gasteiger partial charge in [0, 0.05) is 0 Å². The van der Waals surface area contributed by atoms with Crippen LogP contribution in [-0.4, -0.2) is 263 Å².